The van der Waals surface area contributed by atoms with Crippen molar-refractivity contribution in [1.29, 1.82) is 0 Å². The largest absolute Gasteiger partial charge is 0.405 e. The minimum atomic E-state index is -2.68. The van der Waals surface area contributed by atoms with E-state index in [-0.39, 0.29) is 11.6 Å². The molecule has 164 valence electrons. The van der Waals surface area contributed by atoms with E-state index in [1.165, 1.54) is 10.4 Å². The Bertz CT molecular complexity index is 941. The highest BCUT2D eigenvalue weighted by atomic mass is 79.9. The van der Waals surface area contributed by atoms with Gasteiger partial charge in [-0.15, -0.1) is 0 Å². The summed E-state index contributed by atoms with van der Waals surface area (Å²) in [5.74, 6) is 0. The van der Waals surface area contributed by atoms with Gasteiger partial charge in [-0.3, -0.25) is 0 Å². The number of hydrogen-bond donors (Lipinski definition) is 1. The van der Waals surface area contributed by atoms with Crippen LogP contribution in [0.4, 0.5) is 0 Å². The van der Waals surface area contributed by atoms with Gasteiger partial charge in [0.1, 0.15) is 0 Å². The van der Waals surface area contributed by atoms with E-state index in [1.54, 1.807) is 0 Å². The molecule has 0 spiro atoms. The van der Waals surface area contributed by atoms with E-state index < -0.39 is 19.8 Å². The molecule has 3 aromatic carbocycles. The van der Waals surface area contributed by atoms with E-state index >= 15 is 0 Å². The first-order valence-electron chi connectivity index (χ1n) is 10.8. The number of halogens is 1. The van der Waals surface area contributed by atoms with E-state index in [0.29, 0.717) is 0 Å². The maximum atomic E-state index is 11.4. The third-order valence-electron chi connectivity index (χ3n) is 6.28. The minimum Gasteiger partial charge on any atom is -0.405 e. The van der Waals surface area contributed by atoms with Crippen LogP contribution in [0.5, 0.6) is 0 Å². The Morgan fingerprint density at radius 1 is 0.774 bits per heavy atom. The van der Waals surface area contributed by atoms with Gasteiger partial charge >= 0.3 is 0 Å². The van der Waals surface area contributed by atoms with Crippen molar-refractivity contribution in [3.8, 4) is 0 Å². The molecule has 0 aromatic heterocycles. The lowest BCUT2D eigenvalue weighted by atomic mass is 9.80. The lowest BCUT2D eigenvalue weighted by molar-refractivity contribution is 0.0468. The maximum absolute atomic E-state index is 11.4. The molecule has 0 saturated heterocycles. The molecule has 0 bridgehead atoms. The van der Waals surface area contributed by atoms with Crippen molar-refractivity contribution in [2.75, 3.05) is 6.61 Å². The Balaban J connectivity index is 2.03. The van der Waals surface area contributed by atoms with E-state index in [9.17, 15) is 5.11 Å². The first-order valence-corrected chi connectivity index (χ1v) is 13.5. The molecule has 0 fully saturated rings. The quantitative estimate of drug-likeness (QED) is 0.427. The van der Waals surface area contributed by atoms with Gasteiger partial charge in [0.2, 0.25) is 0 Å². The highest BCUT2D eigenvalue weighted by molar-refractivity contribution is 9.10. The average molecular weight is 498 g/mol. The second kappa shape index (κ2) is 9.41. The summed E-state index contributed by atoms with van der Waals surface area (Å²) < 4.78 is 7.95. The third kappa shape index (κ3) is 4.73. The van der Waals surface area contributed by atoms with Crippen molar-refractivity contribution in [2.24, 2.45) is 0 Å². The Hall–Kier alpha value is -1.72. The molecule has 4 heteroatoms. The highest BCUT2D eigenvalue weighted by Crippen LogP contribution is 2.38. The summed E-state index contributed by atoms with van der Waals surface area (Å²) in [6.45, 7) is 11.2. The molecule has 3 rings (SSSR count). The van der Waals surface area contributed by atoms with Gasteiger partial charge in [-0.25, -0.2) is 0 Å². The average Bonchev–Trinajstić information content (AvgIpc) is 2.74. The van der Waals surface area contributed by atoms with Crippen molar-refractivity contribution in [3.05, 3.63) is 95.0 Å². The predicted octanol–water partition coefficient (Wildman–Crippen LogP) is 5.66. The fourth-order valence-electron chi connectivity index (χ4n) is 4.34. The van der Waals surface area contributed by atoms with Crippen LogP contribution in [-0.4, -0.2) is 26.1 Å². The highest BCUT2D eigenvalue weighted by Gasteiger charge is 2.50. The lowest BCUT2D eigenvalue weighted by Gasteiger charge is -2.44. The van der Waals surface area contributed by atoms with Gasteiger partial charge in [-0.05, 0) is 27.0 Å². The summed E-state index contributed by atoms with van der Waals surface area (Å²) in [4.78, 5) is 0. The molecule has 0 aliphatic carbocycles. The second-order valence-electron chi connectivity index (χ2n) is 9.69. The van der Waals surface area contributed by atoms with Crippen molar-refractivity contribution in [3.63, 3.8) is 0 Å². The molecular formula is C27H33BrO2Si. The van der Waals surface area contributed by atoms with Crippen LogP contribution in [0.15, 0.2) is 89.4 Å². The molecule has 0 aliphatic heterocycles. The van der Waals surface area contributed by atoms with Crippen LogP contribution in [0.25, 0.3) is 0 Å². The van der Waals surface area contributed by atoms with Gasteiger partial charge < -0.3 is 9.53 Å². The summed E-state index contributed by atoms with van der Waals surface area (Å²) in [5.41, 5.74) is 0.611. The zero-order valence-corrected chi connectivity index (χ0v) is 21.7. The van der Waals surface area contributed by atoms with E-state index in [2.05, 4.69) is 105 Å². The topological polar surface area (TPSA) is 29.5 Å². The zero-order valence-electron chi connectivity index (χ0n) is 19.1. The standard InChI is InChI=1S/C27H33BrO2Si/c1-26(2,3)31(21-14-8-6-9-15-21,22-16-10-7-11-17-22)30-20-25(29)27(4,5)23-18-12-13-19-24(23)28/h6-19,25,29H,20H2,1-5H3/t25-/m0/s1. The smallest absolute Gasteiger partial charge is 0.261 e. The van der Waals surface area contributed by atoms with Gasteiger partial charge in [0.15, 0.2) is 0 Å². The van der Waals surface area contributed by atoms with E-state index in [4.69, 9.17) is 4.43 Å². The second-order valence-corrected chi connectivity index (χ2v) is 14.9. The first kappa shape index (κ1) is 23.9. The van der Waals surface area contributed by atoms with Crippen LogP contribution >= 0.6 is 15.9 Å². The predicted molar refractivity (Wildman–Crippen MR) is 137 cm³/mol. The summed E-state index contributed by atoms with van der Waals surface area (Å²) in [5, 5.41) is 13.7. The van der Waals surface area contributed by atoms with Gasteiger partial charge in [0.05, 0.1) is 12.7 Å². The van der Waals surface area contributed by atoms with E-state index in [1.807, 2.05) is 30.3 Å². The number of benzene rings is 3. The molecule has 1 atom stereocenters. The van der Waals surface area contributed by atoms with Crippen LogP contribution in [0.2, 0.25) is 5.04 Å². The van der Waals surface area contributed by atoms with Crippen LogP contribution in [0.3, 0.4) is 0 Å². The fourth-order valence-corrected chi connectivity index (χ4v) is 9.70. The lowest BCUT2D eigenvalue weighted by Crippen LogP contribution is -2.67. The summed E-state index contributed by atoms with van der Waals surface area (Å²) in [7, 11) is -2.68. The Labute approximate surface area is 196 Å². The van der Waals surface area contributed by atoms with Crippen molar-refractivity contribution in [2.45, 2.75) is 51.2 Å². The first-order chi connectivity index (χ1) is 14.6. The number of hydrogen-bond acceptors (Lipinski definition) is 2. The van der Waals surface area contributed by atoms with Gasteiger partial charge in [0.25, 0.3) is 8.32 Å². The number of rotatable bonds is 7. The molecule has 1 N–H and O–H groups in total. The summed E-state index contributed by atoms with van der Waals surface area (Å²) >= 11 is 3.65. The van der Waals surface area contributed by atoms with Gasteiger partial charge in [0, 0.05) is 9.89 Å². The summed E-state index contributed by atoms with van der Waals surface area (Å²) in [6.07, 6.45) is -0.659. The molecule has 31 heavy (non-hydrogen) atoms. The van der Waals surface area contributed by atoms with Crippen molar-refractivity contribution >= 4 is 34.6 Å². The molecule has 3 aromatic rings. The van der Waals surface area contributed by atoms with Crippen LogP contribution in [0, 0.1) is 0 Å². The van der Waals surface area contributed by atoms with Crippen LogP contribution in [-0.2, 0) is 9.84 Å². The number of aliphatic hydroxyl groups excluding tert-OH is 1. The maximum Gasteiger partial charge on any atom is 0.261 e. The third-order valence-corrected chi connectivity index (χ3v) is 12.0. The minimum absolute atomic E-state index is 0.118. The SMILES string of the molecule is CC(C)(c1ccccc1Br)[C@@H](O)CO[Si](c1ccccc1)(c1ccccc1)C(C)(C)C. The van der Waals surface area contributed by atoms with Crippen molar-refractivity contribution in [1.82, 2.24) is 0 Å². The molecule has 0 heterocycles. The Kier molecular flexibility index (Phi) is 7.27. The molecule has 0 saturated carbocycles. The Morgan fingerprint density at radius 2 is 1.23 bits per heavy atom. The van der Waals surface area contributed by atoms with Crippen LogP contribution in [0.1, 0.15) is 40.2 Å². The van der Waals surface area contributed by atoms with Crippen LogP contribution < -0.4 is 10.4 Å². The summed E-state index contributed by atoms with van der Waals surface area (Å²) in [6, 6.07) is 29.2. The molecule has 0 aliphatic rings. The van der Waals surface area contributed by atoms with Gasteiger partial charge in [-0.1, -0.05) is 129 Å². The fraction of sp³-hybridized carbons (Fsp3) is 0.333. The molecule has 2 nitrogen and oxygen atoms in total. The zero-order chi connectivity index (χ0) is 22.7. The number of aliphatic hydroxyl groups is 1. The van der Waals surface area contributed by atoms with E-state index in [0.717, 1.165) is 10.0 Å². The normalized spacial score (nSPS) is 13.8. The molecule has 0 unspecified atom stereocenters. The molecule has 0 radical (unpaired) electrons. The van der Waals surface area contributed by atoms with Crippen molar-refractivity contribution < 1.29 is 9.53 Å². The molecular weight excluding hydrogens is 464 g/mol. The Morgan fingerprint density at radius 3 is 1.68 bits per heavy atom. The molecule has 0 amide bonds. The van der Waals surface area contributed by atoms with Gasteiger partial charge in [-0.2, -0.15) is 0 Å². The monoisotopic (exact) mass is 496 g/mol.